The number of para-hydroxylation sites is 1. The number of nitrogens with zero attached hydrogens (tertiary/aromatic N) is 1. The van der Waals surface area contributed by atoms with Crippen molar-refractivity contribution in [1.29, 1.82) is 5.26 Å². The molecule has 7 nitrogen and oxygen atoms in total. The van der Waals surface area contributed by atoms with Gasteiger partial charge in [0.1, 0.15) is 35.5 Å². The van der Waals surface area contributed by atoms with Crippen LogP contribution in [-0.4, -0.2) is 19.7 Å². The van der Waals surface area contributed by atoms with Gasteiger partial charge in [-0.3, -0.25) is 0 Å². The number of nitriles is 1. The summed E-state index contributed by atoms with van der Waals surface area (Å²) in [5.74, 6) is 0.383. The molecule has 0 spiro atoms. The molecule has 0 saturated heterocycles. The van der Waals surface area contributed by atoms with Crippen molar-refractivity contribution < 1.29 is 23.7 Å². The molecule has 0 radical (unpaired) electrons. The van der Waals surface area contributed by atoms with Gasteiger partial charge in [0.2, 0.25) is 5.88 Å². The van der Waals surface area contributed by atoms with Crippen LogP contribution in [0, 0.1) is 18.3 Å². The van der Waals surface area contributed by atoms with E-state index in [2.05, 4.69) is 6.07 Å². The van der Waals surface area contributed by atoms with Crippen molar-refractivity contribution >= 4 is 5.97 Å². The molecule has 3 rings (SSSR count). The van der Waals surface area contributed by atoms with E-state index >= 15 is 0 Å². The smallest absolute Gasteiger partial charge is 0.338 e. The SMILES string of the molecule is CCOC(=O)C1=C(C)OC(N)=C(C#N)C1c1ccc(OC)c(COc2ccccc2C)c1. The summed E-state index contributed by atoms with van der Waals surface area (Å²) >= 11 is 0. The minimum Gasteiger partial charge on any atom is -0.496 e. The van der Waals surface area contributed by atoms with Crippen LogP contribution in [0.5, 0.6) is 11.5 Å². The Balaban J connectivity index is 2.04. The van der Waals surface area contributed by atoms with Gasteiger partial charge >= 0.3 is 5.97 Å². The first kappa shape index (κ1) is 22.8. The van der Waals surface area contributed by atoms with E-state index in [-0.39, 0.29) is 30.2 Å². The summed E-state index contributed by atoms with van der Waals surface area (Å²) in [7, 11) is 1.58. The highest BCUT2D eigenvalue weighted by atomic mass is 16.5. The number of rotatable bonds is 7. The lowest BCUT2D eigenvalue weighted by Gasteiger charge is -2.27. The van der Waals surface area contributed by atoms with E-state index in [9.17, 15) is 10.1 Å². The molecular weight excluding hydrogens is 408 g/mol. The summed E-state index contributed by atoms with van der Waals surface area (Å²) in [6.45, 7) is 5.75. The van der Waals surface area contributed by atoms with Crippen LogP contribution in [0.2, 0.25) is 0 Å². The second kappa shape index (κ2) is 9.92. The fraction of sp³-hybridized carbons (Fsp3) is 0.280. The molecule has 0 bridgehead atoms. The maximum absolute atomic E-state index is 12.7. The number of hydrogen-bond donors (Lipinski definition) is 1. The molecule has 0 aromatic heterocycles. The highest BCUT2D eigenvalue weighted by molar-refractivity contribution is 5.92. The molecule has 32 heavy (non-hydrogen) atoms. The van der Waals surface area contributed by atoms with E-state index in [1.807, 2.05) is 37.3 Å². The van der Waals surface area contributed by atoms with Crippen LogP contribution in [0.25, 0.3) is 0 Å². The maximum Gasteiger partial charge on any atom is 0.338 e. The van der Waals surface area contributed by atoms with E-state index in [0.717, 1.165) is 16.9 Å². The average Bonchev–Trinajstić information content (AvgIpc) is 2.78. The van der Waals surface area contributed by atoms with Gasteiger partial charge in [-0.1, -0.05) is 24.3 Å². The molecule has 0 amide bonds. The average molecular weight is 434 g/mol. The van der Waals surface area contributed by atoms with E-state index in [4.69, 9.17) is 24.7 Å². The summed E-state index contributed by atoms with van der Waals surface area (Å²) in [4.78, 5) is 12.7. The Morgan fingerprint density at radius 3 is 2.59 bits per heavy atom. The zero-order chi connectivity index (χ0) is 23.3. The summed E-state index contributed by atoms with van der Waals surface area (Å²) in [6, 6.07) is 15.2. The number of ether oxygens (including phenoxy) is 4. The Bertz CT molecular complexity index is 1130. The van der Waals surface area contributed by atoms with Gasteiger partial charge in [-0.15, -0.1) is 0 Å². The van der Waals surface area contributed by atoms with Gasteiger partial charge in [0.15, 0.2) is 0 Å². The van der Waals surface area contributed by atoms with Gasteiger partial charge in [0.05, 0.1) is 25.2 Å². The van der Waals surface area contributed by atoms with Gasteiger partial charge in [0.25, 0.3) is 0 Å². The van der Waals surface area contributed by atoms with Gasteiger partial charge < -0.3 is 24.7 Å². The van der Waals surface area contributed by atoms with E-state index in [1.54, 1.807) is 33.1 Å². The summed E-state index contributed by atoms with van der Waals surface area (Å²) in [5.41, 5.74) is 8.83. The third-order valence-corrected chi connectivity index (χ3v) is 5.22. The molecule has 2 aromatic carbocycles. The molecule has 1 heterocycles. The minimum atomic E-state index is -0.726. The van der Waals surface area contributed by atoms with Gasteiger partial charge in [-0.05, 0) is 50.1 Å². The number of benzene rings is 2. The monoisotopic (exact) mass is 434 g/mol. The molecule has 2 aromatic rings. The number of carbonyl (C=O) groups excluding carboxylic acids is 1. The minimum absolute atomic E-state index is 0.0309. The summed E-state index contributed by atoms with van der Waals surface area (Å²) < 4.78 is 22.2. The summed E-state index contributed by atoms with van der Waals surface area (Å²) in [5, 5.41) is 9.77. The van der Waals surface area contributed by atoms with Crippen LogP contribution in [0.15, 0.2) is 65.3 Å². The van der Waals surface area contributed by atoms with Gasteiger partial charge in [-0.25, -0.2) is 4.79 Å². The van der Waals surface area contributed by atoms with Crippen molar-refractivity contribution in [2.45, 2.75) is 33.3 Å². The van der Waals surface area contributed by atoms with Crippen LogP contribution < -0.4 is 15.2 Å². The van der Waals surface area contributed by atoms with Gasteiger partial charge in [0, 0.05) is 5.56 Å². The molecule has 1 unspecified atom stereocenters. The fourth-order valence-electron chi connectivity index (χ4n) is 3.65. The Morgan fingerprint density at radius 2 is 1.94 bits per heavy atom. The highest BCUT2D eigenvalue weighted by Crippen LogP contribution is 2.41. The van der Waals surface area contributed by atoms with Gasteiger partial charge in [-0.2, -0.15) is 5.26 Å². The Morgan fingerprint density at radius 1 is 1.19 bits per heavy atom. The third-order valence-electron chi connectivity index (χ3n) is 5.22. The third kappa shape index (κ3) is 4.54. The largest absolute Gasteiger partial charge is 0.496 e. The van der Waals surface area contributed by atoms with Crippen molar-refractivity contribution in [1.82, 2.24) is 0 Å². The number of methoxy groups -OCH3 is 1. The maximum atomic E-state index is 12.7. The zero-order valence-electron chi connectivity index (χ0n) is 18.6. The Hall–Kier alpha value is -3.92. The normalized spacial score (nSPS) is 15.7. The lowest BCUT2D eigenvalue weighted by Crippen LogP contribution is -2.25. The van der Waals surface area contributed by atoms with Crippen molar-refractivity contribution in [2.75, 3.05) is 13.7 Å². The number of carbonyl (C=O) groups is 1. The highest BCUT2D eigenvalue weighted by Gasteiger charge is 2.36. The van der Waals surface area contributed by atoms with Crippen molar-refractivity contribution in [3.63, 3.8) is 0 Å². The van der Waals surface area contributed by atoms with Crippen LogP contribution in [-0.2, 0) is 20.9 Å². The number of nitrogens with two attached hydrogens (primary N) is 1. The molecule has 1 atom stereocenters. The molecule has 7 heteroatoms. The lowest BCUT2D eigenvalue weighted by atomic mass is 9.82. The standard InChI is InChI=1S/C25H26N2O5/c1-5-30-25(28)22-16(3)32-24(27)19(13-26)23(22)17-10-11-21(29-4)18(12-17)14-31-20-9-7-6-8-15(20)2/h6-12,23H,5,14,27H2,1-4H3. The molecule has 166 valence electrons. The topological polar surface area (TPSA) is 104 Å². The lowest BCUT2D eigenvalue weighted by molar-refractivity contribution is -0.139. The fourth-order valence-corrected chi connectivity index (χ4v) is 3.65. The molecule has 2 N–H and O–H groups in total. The van der Waals surface area contributed by atoms with E-state index < -0.39 is 11.9 Å². The van der Waals surface area contributed by atoms with Crippen LogP contribution in [0.3, 0.4) is 0 Å². The number of allylic oxidation sites excluding steroid dienone is 2. The molecule has 1 aliphatic heterocycles. The molecule has 1 aliphatic rings. The quantitative estimate of drug-likeness (QED) is 0.651. The summed E-state index contributed by atoms with van der Waals surface area (Å²) in [6.07, 6.45) is 0. The number of esters is 1. The Kier molecular flexibility index (Phi) is 7.06. The Labute approximate surface area is 187 Å². The molecule has 0 aliphatic carbocycles. The molecule has 0 fully saturated rings. The number of hydrogen-bond acceptors (Lipinski definition) is 7. The predicted octanol–water partition coefficient (Wildman–Crippen LogP) is 4.23. The second-order valence-electron chi connectivity index (χ2n) is 7.24. The van der Waals surface area contributed by atoms with Crippen LogP contribution in [0.1, 0.15) is 36.5 Å². The first-order chi connectivity index (χ1) is 15.4. The zero-order valence-corrected chi connectivity index (χ0v) is 18.6. The van der Waals surface area contributed by atoms with Crippen molar-refractivity contribution in [3.05, 3.63) is 81.9 Å². The first-order valence-electron chi connectivity index (χ1n) is 10.2. The number of aryl methyl sites for hydroxylation is 1. The molecule has 0 saturated carbocycles. The second-order valence-corrected chi connectivity index (χ2v) is 7.24. The van der Waals surface area contributed by atoms with Crippen LogP contribution in [0.4, 0.5) is 0 Å². The van der Waals surface area contributed by atoms with E-state index in [1.165, 1.54) is 0 Å². The van der Waals surface area contributed by atoms with E-state index in [0.29, 0.717) is 17.1 Å². The molecular formula is C25H26N2O5. The predicted molar refractivity (Wildman–Crippen MR) is 118 cm³/mol. The first-order valence-corrected chi connectivity index (χ1v) is 10.2. The van der Waals surface area contributed by atoms with Crippen molar-refractivity contribution in [2.24, 2.45) is 5.73 Å². The van der Waals surface area contributed by atoms with Crippen LogP contribution >= 0.6 is 0 Å². The van der Waals surface area contributed by atoms with Crippen molar-refractivity contribution in [3.8, 4) is 17.6 Å².